The first-order valence-electron chi connectivity index (χ1n) is 6.36. The first kappa shape index (κ1) is 14.4. The topological polar surface area (TPSA) is 67.6 Å². The number of carbonyl (C=O) groups is 1. The van der Waals surface area contributed by atoms with Crippen LogP contribution in [-0.2, 0) is 9.53 Å². The zero-order valence-corrected chi connectivity index (χ0v) is 10.9. The van der Waals surface area contributed by atoms with Crippen LogP contribution < -0.4 is 11.1 Å². The van der Waals surface area contributed by atoms with Crippen LogP contribution in [0.5, 0.6) is 0 Å². The number of amides is 1. The zero-order valence-electron chi connectivity index (χ0n) is 10.9. The monoisotopic (exact) mass is 243 g/mol. The maximum atomic E-state index is 11.1. The Labute approximate surface area is 104 Å². The second kappa shape index (κ2) is 7.63. The summed E-state index contributed by atoms with van der Waals surface area (Å²) in [4.78, 5) is 13.3. The molecule has 1 atom stereocenters. The molecule has 1 fully saturated rings. The number of hydrogen-bond acceptors (Lipinski definition) is 4. The van der Waals surface area contributed by atoms with E-state index in [1.165, 1.54) is 0 Å². The van der Waals surface area contributed by atoms with Crippen molar-refractivity contribution < 1.29 is 9.53 Å². The lowest BCUT2D eigenvalue weighted by molar-refractivity contribution is -0.120. The Morgan fingerprint density at radius 2 is 2.18 bits per heavy atom. The number of carbonyl (C=O) groups excluding carboxylic acids is 1. The SMILES string of the molecule is CNC(CCN(C)CC1CCOCC1)C(N)=O. The molecule has 1 unspecified atom stereocenters. The van der Waals surface area contributed by atoms with Gasteiger partial charge in [0.25, 0.3) is 0 Å². The van der Waals surface area contributed by atoms with Gasteiger partial charge in [-0.25, -0.2) is 0 Å². The Balaban J connectivity index is 2.19. The highest BCUT2D eigenvalue weighted by Gasteiger charge is 2.17. The summed E-state index contributed by atoms with van der Waals surface area (Å²) in [7, 11) is 3.87. The van der Waals surface area contributed by atoms with E-state index in [2.05, 4.69) is 17.3 Å². The fourth-order valence-corrected chi connectivity index (χ4v) is 2.24. The summed E-state index contributed by atoms with van der Waals surface area (Å²) >= 11 is 0. The molecule has 0 aliphatic carbocycles. The van der Waals surface area contributed by atoms with Crippen molar-refractivity contribution in [2.24, 2.45) is 11.7 Å². The van der Waals surface area contributed by atoms with Gasteiger partial charge in [-0.2, -0.15) is 0 Å². The summed E-state index contributed by atoms with van der Waals surface area (Å²) in [5, 5.41) is 2.94. The van der Waals surface area contributed by atoms with Crippen molar-refractivity contribution in [2.45, 2.75) is 25.3 Å². The van der Waals surface area contributed by atoms with Crippen molar-refractivity contribution >= 4 is 5.91 Å². The number of ether oxygens (including phenoxy) is 1. The quantitative estimate of drug-likeness (QED) is 0.650. The van der Waals surface area contributed by atoms with Crippen molar-refractivity contribution in [3.8, 4) is 0 Å². The van der Waals surface area contributed by atoms with Gasteiger partial charge in [-0.15, -0.1) is 0 Å². The van der Waals surface area contributed by atoms with Gasteiger partial charge in [-0.1, -0.05) is 0 Å². The summed E-state index contributed by atoms with van der Waals surface area (Å²) < 4.78 is 5.34. The van der Waals surface area contributed by atoms with Gasteiger partial charge in [0.2, 0.25) is 5.91 Å². The molecular formula is C12H25N3O2. The normalized spacial score (nSPS) is 19.5. The average molecular weight is 243 g/mol. The van der Waals surface area contributed by atoms with Crippen LogP contribution in [0.1, 0.15) is 19.3 Å². The van der Waals surface area contributed by atoms with E-state index in [1.54, 1.807) is 7.05 Å². The molecule has 100 valence electrons. The van der Waals surface area contributed by atoms with Gasteiger partial charge < -0.3 is 20.7 Å². The van der Waals surface area contributed by atoms with Crippen LogP contribution >= 0.6 is 0 Å². The van der Waals surface area contributed by atoms with Crippen molar-refractivity contribution in [2.75, 3.05) is 40.4 Å². The molecule has 0 spiro atoms. The summed E-state index contributed by atoms with van der Waals surface area (Å²) in [5.74, 6) is 0.460. The standard InChI is InChI=1S/C12H25N3O2/c1-14-11(12(13)16)3-6-15(2)9-10-4-7-17-8-5-10/h10-11,14H,3-9H2,1-2H3,(H2,13,16). The maximum Gasteiger partial charge on any atom is 0.234 e. The molecule has 1 aliphatic rings. The van der Waals surface area contributed by atoms with Crippen LogP contribution in [0.2, 0.25) is 0 Å². The lowest BCUT2D eigenvalue weighted by Crippen LogP contribution is -2.42. The Morgan fingerprint density at radius 3 is 2.71 bits per heavy atom. The van der Waals surface area contributed by atoms with E-state index in [0.29, 0.717) is 0 Å². The molecule has 5 nitrogen and oxygen atoms in total. The van der Waals surface area contributed by atoms with Gasteiger partial charge in [0, 0.05) is 19.8 Å². The molecule has 0 radical (unpaired) electrons. The Bertz CT molecular complexity index is 230. The second-order valence-electron chi connectivity index (χ2n) is 4.85. The minimum absolute atomic E-state index is 0.216. The summed E-state index contributed by atoms with van der Waals surface area (Å²) in [6, 6.07) is -0.216. The minimum atomic E-state index is -0.271. The second-order valence-corrected chi connectivity index (χ2v) is 4.85. The molecule has 1 rings (SSSR count). The molecule has 1 amide bonds. The molecule has 3 N–H and O–H groups in total. The highest BCUT2D eigenvalue weighted by atomic mass is 16.5. The van der Waals surface area contributed by atoms with E-state index in [0.717, 1.165) is 51.5 Å². The highest BCUT2D eigenvalue weighted by Crippen LogP contribution is 2.15. The first-order valence-corrected chi connectivity index (χ1v) is 6.36. The summed E-state index contributed by atoms with van der Waals surface area (Å²) in [6.07, 6.45) is 3.07. The Kier molecular flexibility index (Phi) is 6.47. The third-order valence-electron chi connectivity index (χ3n) is 3.40. The van der Waals surface area contributed by atoms with Gasteiger partial charge in [-0.05, 0) is 45.8 Å². The van der Waals surface area contributed by atoms with E-state index in [-0.39, 0.29) is 11.9 Å². The van der Waals surface area contributed by atoms with Gasteiger partial charge in [0.15, 0.2) is 0 Å². The number of nitrogens with two attached hydrogens (primary N) is 1. The number of nitrogens with one attached hydrogen (secondary N) is 1. The van der Waals surface area contributed by atoms with E-state index >= 15 is 0 Å². The van der Waals surface area contributed by atoms with E-state index in [9.17, 15) is 4.79 Å². The Hall–Kier alpha value is -0.650. The van der Waals surface area contributed by atoms with Gasteiger partial charge in [-0.3, -0.25) is 4.79 Å². The number of nitrogens with zero attached hydrogens (tertiary/aromatic N) is 1. The van der Waals surface area contributed by atoms with Crippen LogP contribution in [0, 0.1) is 5.92 Å². The van der Waals surface area contributed by atoms with Gasteiger partial charge in [0.05, 0.1) is 6.04 Å². The number of rotatable bonds is 7. The lowest BCUT2D eigenvalue weighted by atomic mass is 10.00. The van der Waals surface area contributed by atoms with E-state index in [4.69, 9.17) is 10.5 Å². The summed E-state index contributed by atoms with van der Waals surface area (Å²) in [5.41, 5.74) is 5.28. The molecule has 0 bridgehead atoms. The fraction of sp³-hybridized carbons (Fsp3) is 0.917. The predicted octanol–water partition coefficient (Wildman–Crippen LogP) is -0.192. The van der Waals surface area contributed by atoms with Crippen LogP contribution in [0.3, 0.4) is 0 Å². The van der Waals surface area contributed by atoms with Crippen LogP contribution in [0.4, 0.5) is 0 Å². The van der Waals surface area contributed by atoms with Crippen LogP contribution in [0.25, 0.3) is 0 Å². The van der Waals surface area contributed by atoms with Gasteiger partial charge in [0.1, 0.15) is 0 Å². The Morgan fingerprint density at radius 1 is 1.53 bits per heavy atom. The molecule has 0 aromatic carbocycles. The van der Waals surface area contributed by atoms with Gasteiger partial charge >= 0.3 is 0 Å². The molecule has 1 heterocycles. The zero-order chi connectivity index (χ0) is 12.7. The van der Waals surface area contributed by atoms with Crippen molar-refractivity contribution in [3.63, 3.8) is 0 Å². The van der Waals surface area contributed by atoms with E-state index in [1.807, 2.05) is 0 Å². The molecule has 17 heavy (non-hydrogen) atoms. The average Bonchev–Trinajstić information content (AvgIpc) is 2.30. The molecule has 0 aromatic heterocycles. The highest BCUT2D eigenvalue weighted by molar-refractivity contribution is 5.79. The maximum absolute atomic E-state index is 11.1. The number of primary amides is 1. The third-order valence-corrected chi connectivity index (χ3v) is 3.40. The third kappa shape index (κ3) is 5.48. The fourth-order valence-electron chi connectivity index (χ4n) is 2.24. The van der Waals surface area contributed by atoms with Crippen molar-refractivity contribution in [1.29, 1.82) is 0 Å². The summed E-state index contributed by atoms with van der Waals surface area (Å²) in [6.45, 7) is 3.75. The lowest BCUT2D eigenvalue weighted by Gasteiger charge is -2.27. The number of hydrogen-bond donors (Lipinski definition) is 2. The number of likely N-dealkylation sites (N-methyl/N-ethyl adjacent to an activating group) is 1. The molecule has 5 heteroatoms. The molecule has 1 saturated heterocycles. The van der Waals surface area contributed by atoms with Crippen LogP contribution in [-0.4, -0.2) is 57.2 Å². The molecular weight excluding hydrogens is 218 g/mol. The van der Waals surface area contributed by atoms with Crippen LogP contribution in [0.15, 0.2) is 0 Å². The smallest absolute Gasteiger partial charge is 0.234 e. The minimum Gasteiger partial charge on any atom is -0.381 e. The van der Waals surface area contributed by atoms with E-state index < -0.39 is 0 Å². The molecule has 0 aromatic rings. The first-order chi connectivity index (χ1) is 8.13. The predicted molar refractivity (Wildman–Crippen MR) is 67.7 cm³/mol. The van der Waals surface area contributed by atoms with Crippen molar-refractivity contribution in [1.82, 2.24) is 10.2 Å². The van der Waals surface area contributed by atoms with Crippen molar-refractivity contribution in [3.05, 3.63) is 0 Å². The largest absolute Gasteiger partial charge is 0.381 e. The molecule has 0 saturated carbocycles. The molecule has 1 aliphatic heterocycles.